The van der Waals surface area contributed by atoms with Gasteiger partial charge < -0.3 is 5.11 Å². The largest absolute Gasteiger partial charge is 0.385 e. The average Bonchev–Trinajstić information content (AvgIpc) is 1.59. The van der Waals surface area contributed by atoms with Crippen LogP contribution in [0.15, 0.2) is 11.6 Å². The van der Waals surface area contributed by atoms with Crippen molar-refractivity contribution in [3.63, 3.8) is 0 Å². The molecule has 0 fully saturated rings. The van der Waals surface area contributed by atoms with Gasteiger partial charge >= 0.3 is 0 Å². The second-order valence-corrected chi connectivity index (χ2v) is 2.96. The van der Waals surface area contributed by atoms with E-state index in [9.17, 15) is 5.11 Å². The van der Waals surface area contributed by atoms with Crippen LogP contribution in [0.1, 0.15) is 27.2 Å². The Morgan fingerprint density at radius 2 is 2.20 bits per heavy atom. The summed E-state index contributed by atoms with van der Waals surface area (Å²) < 4.78 is 0. The van der Waals surface area contributed by atoms with Gasteiger partial charge in [0.2, 0.25) is 0 Å². The van der Waals surface area contributed by atoms with Crippen molar-refractivity contribution in [2.45, 2.75) is 32.8 Å². The molecule has 0 heterocycles. The molecule has 0 bridgehead atoms. The second kappa shape index (κ2) is 3.43. The van der Waals surface area contributed by atoms with Gasteiger partial charge in [0.25, 0.3) is 0 Å². The van der Waals surface area contributed by atoms with Gasteiger partial charge in [0.05, 0.1) is 5.60 Å². The SMILES string of the molecule is C#CCC(C)(O)C=C(C)C. The predicted molar refractivity (Wildman–Crippen MR) is 43.5 cm³/mol. The van der Waals surface area contributed by atoms with E-state index in [4.69, 9.17) is 6.42 Å². The van der Waals surface area contributed by atoms with Crippen LogP contribution in [0.2, 0.25) is 0 Å². The maximum atomic E-state index is 9.47. The molecule has 1 unspecified atom stereocenters. The lowest BCUT2D eigenvalue weighted by molar-refractivity contribution is 0.117. The number of terminal acetylenes is 1. The van der Waals surface area contributed by atoms with Crippen molar-refractivity contribution in [1.29, 1.82) is 0 Å². The Kier molecular flexibility index (Phi) is 3.18. The molecular weight excluding hydrogens is 124 g/mol. The van der Waals surface area contributed by atoms with Crippen LogP contribution in [0.25, 0.3) is 0 Å². The molecule has 0 aromatic heterocycles. The van der Waals surface area contributed by atoms with E-state index < -0.39 is 5.60 Å². The first-order valence-electron chi connectivity index (χ1n) is 3.30. The molecule has 0 aliphatic carbocycles. The second-order valence-electron chi connectivity index (χ2n) is 2.96. The summed E-state index contributed by atoms with van der Waals surface area (Å²) in [6.45, 7) is 5.58. The third-order valence-electron chi connectivity index (χ3n) is 1.06. The molecular formula is C9H14O. The fourth-order valence-electron chi connectivity index (χ4n) is 0.880. The third kappa shape index (κ3) is 4.17. The number of aliphatic hydroxyl groups is 1. The Morgan fingerprint density at radius 3 is 2.50 bits per heavy atom. The van der Waals surface area contributed by atoms with Gasteiger partial charge in [0, 0.05) is 6.42 Å². The lowest BCUT2D eigenvalue weighted by Crippen LogP contribution is -2.19. The third-order valence-corrected chi connectivity index (χ3v) is 1.06. The van der Waals surface area contributed by atoms with Crippen LogP contribution >= 0.6 is 0 Å². The summed E-state index contributed by atoms with van der Waals surface area (Å²) >= 11 is 0. The molecule has 0 spiro atoms. The van der Waals surface area contributed by atoms with E-state index in [1.165, 1.54) is 0 Å². The molecule has 0 aromatic rings. The van der Waals surface area contributed by atoms with Gasteiger partial charge in [0.15, 0.2) is 0 Å². The highest BCUT2D eigenvalue weighted by Gasteiger charge is 2.13. The van der Waals surface area contributed by atoms with Gasteiger partial charge in [-0.25, -0.2) is 0 Å². The van der Waals surface area contributed by atoms with Crippen LogP contribution < -0.4 is 0 Å². The van der Waals surface area contributed by atoms with E-state index in [-0.39, 0.29) is 0 Å². The highest BCUT2D eigenvalue weighted by molar-refractivity contribution is 5.09. The van der Waals surface area contributed by atoms with Crippen LogP contribution in [0.5, 0.6) is 0 Å². The van der Waals surface area contributed by atoms with Gasteiger partial charge in [-0.15, -0.1) is 12.3 Å². The van der Waals surface area contributed by atoms with E-state index >= 15 is 0 Å². The van der Waals surface area contributed by atoms with Crippen molar-refractivity contribution in [2.24, 2.45) is 0 Å². The van der Waals surface area contributed by atoms with Crippen LogP contribution in [-0.2, 0) is 0 Å². The van der Waals surface area contributed by atoms with E-state index in [1.807, 2.05) is 13.8 Å². The maximum absolute atomic E-state index is 9.47. The summed E-state index contributed by atoms with van der Waals surface area (Å²) in [5, 5.41) is 9.47. The minimum atomic E-state index is -0.826. The lowest BCUT2D eigenvalue weighted by Gasteiger charge is -2.15. The van der Waals surface area contributed by atoms with Gasteiger partial charge in [-0.05, 0) is 20.8 Å². The van der Waals surface area contributed by atoms with Crippen LogP contribution in [-0.4, -0.2) is 10.7 Å². The smallest absolute Gasteiger partial charge is 0.0910 e. The first kappa shape index (κ1) is 9.26. The molecule has 10 heavy (non-hydrogen) atoms. The minimum Gasteiger partial charge on any atom is -0.385 e. The number of allylic oxidation sites excluding steroid dienone is 1. The molecule has 0 radical (unpaired) electrons. The highest BCUT2D eigenvalue weighted by atomic mass is 16.3. The molecule has 0 rings (SSSR count). The average molecular weight is 138 g/mol. The van der Waals surface area contributed by atoms with Gasteiger partial charge in [-0.1, -0.05) is 11.6 Å². The zero-order valence-corrected chi connectivity index (χ0v) is 6.81. The molecule has 1 atom stereocenters. The summed E-state index contributed by atoms with van der Waals surface area (Å²) in [6.07, 6.45) is 7.19. The Balaban J connectivity index is 4.15. The van der Waals surface area contributed by atoms with Crippen LogP contribution in [0, 0.1) is 12.3 Å². The molecule has 1 nitrogen and oxygen atoms in total. The van der Waals surface area contributed by atoms with E-state index in [1.54, 1.807) is 13.0 Å². The van der Waals surface area contributed by atoms with Crippen molar-refractivity contribution < 1.29 is 5.11 Å². The molecule has 0 aliphatic heterocycles. The van der Waals surface area contributed by atoms with Gasteiger partial charge in [0.1, 0.15) is 0 Å². The van der Waals surface area contributed by atoms with E-state index in [2.05, 4.69) is 5.92 Å². The Morgan fingerprint density at radius 1 is 1.70 bits per heavy atom. The fraction of sp³-hybridized carbons (Fsp3) is 0.556. The lowest BCUT2D eigenvalue weighted by atomic mass is 10.0. The Labute approximate surface area is 62.8 Å². The van der Waals surface area contributed by atoms with E-state index in [0.717, 1.165) is 5.57 Å². The summed E-state index contributed by atoms with van der Waals surface area (Å²) in [4.78, 5) is 0. The normalized spacial score (nSPS) is 15.1. The van der Waals surface area contributed by atoms with Gasteiger partial charge in [-0.2, -0.15) is 0 Å². The maximum Gasteiger partial charge on any atom is 0.0910 e. The highest BCUT2D eigenvalue weighted by Crippen LogP contribution is 2.12. The minimum absolute atomic E-state index is 0.373. The van der Waals surface area contributed by atoms with Crippen molar-refractivity contribution in [3.8, 4) is 12.3 Å². The predicted octanol–water partition coefficient (Wildman–Crippen LogP) is 1.73. The Hall–Kier alpha value is -0.740. The van der Waals surface area contributed by atoms with Crippen LogP contribution in [0.3, 0.4) is 0 Å². The molecule has 0 aromatic carbocycles. The van der Waals surface area contributed by atoms with Gasteiger partial charge in [-0.3, -0.25) is 0 Å². The number of hydrogen-bond acceptors (Lipinski definition) is 1. The summed E-state index contributed by atoms with van der Waals surface area (Å²) in [7, 11) is 0. The quantitative estimate of drug-likeness (QED) is 0.455. The number of hydrogen-bond donors (Lipinski definition) is 1. The molecule has 0 amide bonds. The summed E-state index contributed by atoms with van der Waals surface area (Å²) in [5.41, 5.74) is 0.258. The zero-order valence-electron chi connectivity index (χ0n) is 6.81. The van der Waals surface area contributed by atoms with Crippen LogP contribution in [0.4, 0.5) is 0 Å². The monoisotopic (exact) mass is 138 g/mol. The molecule has 56 valence electrons. The zero-order chi connectivity index (χ0) is 8.20. The standard InChI is InChI=1S/C9H14O/c1-5-6-9(4,10)7-8(2)3/h1,7,10H,6H2,2-4H3. The number of rotatable bonds is 2. The topological polar surface area (TPSA) is 20.2 Å². The Bertz CT molecular complexity index is 166. The van der Waals surface area contributed by atoms with Crippen molar-refractivity contribution in [2.75, 3.05) is 0 Å². The molecule has 1 N–H and O–H groups in total. The fourth-order valence-corrected chi connectivity index (χ4v) is 0.880. The van der Waals surface area contributed by atoms with Crippen molar-refractivity contribution in [3.05, 3.63) is 11.6 Å². The van der Waals surface area contributed by atoms with Crippen molar-refractivity contribution in [1.82, 2.24) is 0 Å². The van der Waals surface area contributed by atoms with Crippen molar-refractivity contribution >= 4 is 0 Å². The first-order chi connectivity index (χ1) is 4.48. The molecule has 0 aliphatic rings. The van der Waals surface area contributed by atoms with E-state index in [0.29, 0.717) is 6.42 Å². The molecule has 0 saturated heterocycles. The molecule has 1 heteroatoms. The summed E-state index contributed by atoms with van der Waals surface area (Å²) in [6, 6.07) is 0. The molecule has 0 saturated carbocycles. The first-order valence-corrected chi connectivity index (χ1v) is 3.30. The summed E-state index contributed by atoms with van der Waals surface area (Å²) in [5.74, 6) is 2.42.